The predicted octanol–water partition coefficient (Wildman–Crippen LogP) is 1.56. The van der Waals surface area contributed by atoms with Gasteiger partial charge in [-0.15, -0.1) is 0 Å². The molecule has 4 aliphatic rings. The summed E-state index contributed by atoms with van der Waals surface area (Å²) in [6.07, 6.45) is -2.68. The lowest BCUT2D eigenvalue weighted by Gasteiger charge is -2.63. The number of carbonyl (C=O) groups excluding carboxylic acids is 3. The predicted molar refractivity (Wildman–Crippen MR) is 153 cm³/mol. The van der Waals surface area contributed by atoms with Crippen LogP contribution in [-0.4, -0.2) is 99.4 Å². The van der Waals surface area contributed by atoms with Gasteiger partial charge >= 0.3 is 24.0 Å². The zero-order valence-corrected chi connectivity index (χ0v) is 25.8. The van der Waals surface area contributed by atoms with Crippen molar-refractivity contribution in [3.63, 3.8) is 0 Å². The molecule has 13 nitrogen and oxygen atoms in total. The number of aliphatic carboxylic acids is 1. The summed E-state index contributed by atoms with van der Waals surface area (Å²) in [7, 11) is 2.00. The molecule has 0 aromatic heterocycles. The Labute approximate surface area is 255 Å². The fraction of sp³-hybridized carbons (Fsp3) is 0.677. The SMILES string of the molecule is C[C@H](OC(=O)[C@H](CCC(=O)O)NC(=O)OC(C)(C)C)C(=O)OC1CC[C@@]2(O)[C@H]3Cc4ccc(CO)c5c4[C@@]2(CCN3C)[C@H]1O5. The van der Waals surface area contributed by atoms with Crippen LogP contribution >= 0.6 is 0 Å². The number of amides is 1. The van der Waals surface area contributed by atoms with Crippen LogP contribution in [0.1, 0.15) is 76.5 Å². The van der Waals surface area contributed by atoms with E-state index in [0.717, 1.165) is 11.1 Å². The largest absolute Gasteiger partial charge is 0.485 e. The fourth-order valence-corrected chi connectivity index (χ4v) is 7.54. The summed E-state index contributed by atoms with van der Waals surface area (Å²) in [5.41, 5.74) is -0.315. The quantitative estimate of drug-likeness (QED) is 0.232. The van der Waals surface area contributed by atoms with Gasteiger partial charge in [0.2, 0.25) is 0 Å². The number of rotatable bonds is 9. The van der Waals surface area contributed by atoms with E-state index in [1.165, 1.54) is 6.92 Å². The summed E-state index contributed by atoms with van der Waals surface area (Å²) in [5, 5.41) is 33.9. The summed E-state index contributed by atoms with van der Waals surface area (Å²) >= 11 is 0. The Morgan fingerprint density at radius 2 is 1.91 bits per heavy atom. The van der Waals surface area contributed by atoms with Crippen LogP contribution < -0.4 is 10.1 Å². The number of aliphatic hydroxyl groups is 2. The van der Waals surface area contributed by atoms with Gasteiger partial charge in [0, 0.05) is 23.6 Å². The second-order valence-corrected chi connectivity index (χ2v) is 13.4. The third-order valence-corrected chi connectivity index (χ3v) is 9.46. The third-order valence-electron chi connectivity index (χ3n) is 9.46. The van der Waals surface area contributed by atoms with Gasteiger partial charge in [0.15, 0.2) is 6.10 Å². The molecule has 44 heavy (non-hydrogen) atoms. The highest BCUT2D eigenvalue weighted by molar-refractivity contribution is 5.85. The number of likely N-dealkylation sites (N-methyl/N-ethyl adjacent to an activating group) is 1. The number of hydrogen-bond donors (Lipinski definition) is 4. The smallest absolute Gasteiger partial charge is 0.408 e. The van der Waals surface area contributed by atoms with Gasteiger partial charge in [-0.1, -0.05) is 12.1 Å². The van der Waals surface area contributed by atoms with Crippen molar-refractivity contribution in [1.29, 1.82) is 0 Å². The number of ether oxygens (including phenoxy) is 4. The van der Waals surface area contributed by atoms with E-state index < -0.39 is 71.4 Å². The van der Waals surface area contributed by atoms with E-state index in [2.05, 4.69) is 10.2 Å². The Bertz CT molecular complexity index is 1340. The van der Waals surface area contributed by atoms with Crippen LogP contribution in [-0.2, 0) is 47.0 Å². The molecule has 1 saturated heterocycles. The normalized spacial score (nSPS) is 29.8. The number of alkyl carbamates (subject to hydrolysis) is 1. The maximum atomic E-state index is 13.3. The van der Waals surface area contributed by atoms with Crippen molar-refractivity contribution in [3.8, 4) is 5.75 Å². The summed E-state index contributed by atoms with van der Waals surface area (Å²) < 4.78 is 23.0. The molecular formula is C31H42N2O11. The van der Waals surface area contributed by atoms with Crippen molar-refractivity contribution < 1.29 is 53.4 Å². The number of carboxylic acid groups (broad SMARTS) is 1. The molecule has 0 radical (unpaired) electrons. The molecule has 5 rings (SSSR count). The minimum absolute atomic E-state index is 0.155. The summed E-state index contributed by atoms with van der Waals surface area (Å²) in [4.78, 5) is 51.9. The highest BCUT2D eigenvalue weighted by Gasteiger charge is 2.73. The van der Waals surface area contributed by atoms with E-state index in [1.807, 2.05) is 19.2 Å². The highest BCUT2D eigenvalue weighted by Crippen LogP contribution is 2.64. The van der Waals surface area contributed by atoms with Gasteiger partial charge in [-0.2, -0.15) is 0 Å². The van der Waals surface area contributed by atoms with Crippen molar-refractivity contribution in [2.24, 2.45) is 0 Å². The van der Waals surface area contributed by atoms with Crippen molar-refractivity contribution in [2.75, 3.05) is 13.6 Å². The topological polar surface area (TPSA) is 181 Å². The average molecular weight is 619 g/mol. The van der Waals surface area contributed by atoms with Crippen LogP contribution in [0.25, 0.3) is 0 Å². The number of hydrogen-bond acceptors (Lipinski definition) is 11. The van der Waals surface area contributed by atoms with E-state index in [4.69, 9.17) is 24.1 Å². The first-order valence-electron chi connectivity index (χ1n) is 15.1. The molecule has 1 aromatic rings. The van der Waals surface area contributed by atoms with Crippen LogP contribution in [0.2, 0.25) is 0 Å². The maximum absolute atomic E-state index is 13.3. The Morgan fingerprint density at radius 3 is 2.57 bits per heavy atom. The molecule has 7 atom stereocenters. The summed E-state index contributed by atoms with van der Waals surface area (Å²) in [6, 6.07) is 2.28. The Balaban J connectivity index is 1.33. The molecule has 2 bridgehead atoms. The highest BCUT2D eigenvalue weighted by atomic mass is 16.6. The lowest BCUT2D eigenvalue weighted by molar-refractivity contribution is -0.216. The first kappa shape index (κ1) is 32.0. The number of esters is 2. The van der Waals surface area contributed by atoms with Crippen molar-refractivity contribution in [1.82, 2.24) is 10.2 Å². The maximum Gasteiger partial charge on any atom is 0.408 e. The molecule has 2 aliphatic carbocycles. The standard InChI is InChI=1S/C31H42N2O11/c1-16(41-27(38)19(8-9-22(35)36)32-28(39)44-29(2,3)4)26(37)42-20-10-11-31(40)21-14-17-6-7-18(15-34)24-23(17)30(31,25(20)43-24)12-13-33(21)5/h6-7,16,19-21,25,34,40H,8-15H2,1-5H3,(H,32,39)(H,35,36)/t16-,19-,20?,21+,25-,30-,31+/m0/s1. The monoisotopic (exact) mass is 618 g/mol. The molecule has 4 N–H and O–H groups in total. The van der Waals surface area contributed by atoms with Crippen LogP contribution in [0.4, 0.5) is 4.79 Å². The van der Waals surface area contributed by atoms with Gasteiger partial charge in [-0.3, -0.25) is 4.79 Å². The summed E-state index contributed by atoms with van der Waals surface area (Å²) in [6.45, 7) is 6.70. The van der Waals surface area contributed by atoms with Crippen molar-refractivity contribution in [3.05, 3.63) is 28.8 Å². The molecular weight excluding hydrogens is 576 g/mol. The lowest BCUT2D eigenvalue weighted by Crippen LogP contribution is -2.76. The summed E-state index contributed by atoms with van der Waals surface area (Å²) in [5.74, 6) is -2.50. The number of nitrogens with zero attached hydrogens (tertiary/aromatic N) is 1. The molecule has 1 unspecified atom stereocenters. The molecule has 1 saturated carbocycles. The number of benzene rings is 1. The van der Waals surface area contributed by atoms with Crippen LogP contribution in [0.3, 0.4) is 0 Å². The zero-order valence-electron chi connectivity index (χ0n) is 25.8. The van der Waals surface area contributed by atoms with Crippen LogP contribution in [0, 0.1) is 0 Å². The first-order chi connectivity index (χ1) is 20.6. The van der Waals surface area contributed by atoms with Crippen molar-refractivity contribution in [2.45, 2.75) is 120 Å². The molecule has 1 amide bonds. The van der Waals surface area contributed by atoms with Gasteiger partial charge in [-0.05, 0) is 79.0 Å². The molecule has 2 heterocycles. The number of carboxylic acids is 1. The Kier molecular flexibility index (Phi) is 8.36. The number of likely N-dealkylation sites (tertiary alicyclic amines) is 1. The lowest BCUT2D eigenvalue weighted by atomic mass is 9.48. The van der Waals surface area contributed by atoms with Gasteiger partial charge in [0.05, 0.1) is 17.6 Å². The number of nitrogens with one attached hydrogen (secondary N) is 1. The molecule has 242 valence electrons. The van der Waals surface area contributed by atoms with E-state index in [1.54, 1.807) is 20.8 Å². The van der Waals surface area contributed by atoms with Gasteiger partial charge < -0.3 is 44.5 Å². The fourth-order valence-electron chi connectivity index (χ4n) is 7.54. The van der Waals surface area contributed by atoms with Gasteiger partial charge in [-0.25, -0.2) is 14.4 Å². The van der Waals surface area contributed by atoms with E-state index in [9.17, 15) is 29.4 Å². The number of carbonyl (C=O) groups is 4. The van der Waals surface area contributed by atoms with Crippen molar-refractivity contribution >= 4 is 24.0 Å². The molecule has 2 fully saturated rings. The minimum atomic E-state index is -1.39. The Hall–Kier alpha value is -3.42. The average Bonchev–Trinajstić information content (AvgIpc) is 3.29. The van der Waals surface area contributed by atoms with E-state index in [0.29, 0.717) is 43.5 Å². The molecule has 1 aromatic carbocycles. The first-order valence-corrected chi connectivity index (χ1v) is 15.1. The second-order valence-electron chi connectivity index (χ2n) is 13.4. The Morgan fingerprint density at radius 1 is 1.18 bits per heavy atom. The van der Waals surface area contributed by atoms with Crippen LogP contribution in [0.15, 0.2) is 12.1 Å². The number of aliphatic hydroxyl groups excluding tert-OH is 1. The van der Waals surface area contributed by atoms with Crippen LogP contribution in [0.5, 0.6) is 5.75 Å². The minimum Gasteiger partial charge on any atom is -0.485 e. The zero-order chi connectivity index (χ0) is 32.2. The van der Waals surface area contributed by atoms with E-state index in [-0.39, 0.29) is 19.1 Å². The van der Waals surface area contributed by atoms with Gasteiger partial charge in [0.1, 0.15) is 29.6 Å². The molecule has 1 spiro atoms. The number of piperidine rings is 1. The van der Waals surface area contributed by atoms with E-state index >= 15 is 0 Å². The van der Waals surface area contributed by atoms with Gasteiger partial charge in [0.25, 0.3) is 0 Å². The molecule has 13 heteroatoms. The third kappa shape index (κ3) is 5.39. The molecule has 2 aliphatic heterocycles. The second kappa shape index (κ2) is 11.5.